The lowest BCUT2D eigenvalue weighted by atomic mass is 10.0. The fraction of sp³-hybridized carbons (Fsp3) is 0.364. The molecule has 0 aliphatic rings. The molecule has 19 heavy (non-hydrogen) atoms. The van der Waals surface area contributed by atoms with Gasteiger partial charge in [-0.05, 0) is 12.0 Å². The smallest absolute Gasteiger partial charge is 0.396 e. The van der Waals surface area contributed by atoms with Crippen molar-refractivity contribution >= 4 is 19.3 Å². The lowest BCUT2D eigenvalue weighted by Crippen LogP contribution is -2.42. The molecule has 1 aromatic rings. The van der Waals surface area contributed by atoms with Crippen molar-refractivity contribution in [2.45, 2.75) is 12.5 Å². The molecule has 0 aromatic heterocycles. The van der Waals surface area contributed by atoms with E-state index in [0.717, 1.165) is 5.56 Å². The molecule has 8 heteroatoms. The van der Waals surface area contributed by atoms with Gasteiger partial charge in [-0.15, -0.1) is 0 Å². The Hall–Kier alpha value is -1.93. The quantitative estimate of drug-likeness (QED) is 0.333. The number of hydrogen-bond donors (Lipinski definition) is 1. The highest BCUT2D eigenvalue weighted by Gasteiger charge is 2.19. The molecule has 0 saturated heterocycles. The van der Waals surface area contributed by atoms with Crippen LogP contribution in [0.1, 0.15) is 5.56 Å². The van der Waals surface area contributed by atoms with Crippen LogP contribution in [0.4, 0.5) is 5.69 Å². The van der Waals surface area contributed by atoms with Gasteiger partial charge in [0.2, 0.25) is 0 Å². The van der Waals surface area contributed by atoms with Gasteiger partial charge in [0.05, 0.1) is 12.0 Å². The number of benzene rings is 1. The topological polar surface area (TPSA) is 90.7 Å². The van der Waals surface area contributed by atoms with Crippen molar-refractivity contribution < 1.29 is 19.1 Å². The predicted molar refractivity (Wildman–Crippen MR) is 68.5 cm³/mol. The van der Waals surface area contributed by atoms with Crippen molar-refractivity contribution in [2.75, 3.05) is 14.2 Å². The zero-order valence-electron chi connectivity index (χ0n) is 10.7. The van der Waals surface area contributed by atoms with Gasteiger partial charge in [0.25, 0.3) is 5.69 Å². The molecule has 1 aromatic carbocycles. The molecule has 0 heterocycles. The van der Waals surface area contributed by atoms with E-state index >= 15 is 0 Å². The number of nitro groups is 1. The summed E-state index contributed by atoms with van der Waals surface area (Å²) in [7, 11) is 4.03. The molecule has 0 saturated carbocycles. The Labute approximate surface area is 111 Å². The molecule has 0 spiro atoms. The van der Waals surface area contributed by atoms with Gasteiger partial charge in [0.15, 0.2) is 0 Å². The van der Waals surface area contributed by atoms with Crippen molar-refractivity contribution in [1.29, 1.82) is 0 Å². The Bertz CT molecular complexity index is 437. The molecule has 1 rings (SSSR count). The first-order valence-electron chi connectivity index (χ1n) is 5.50. The van der Waals surface area contributed by atoms with Gasteiger partial charge >= 0.3 is 13.6 Å². The van der Waals surface area contributed by atoms with E-state index in [0.29, 0.717) is 6.42 Å². The number of carbonyl (C=O) groups excluding carboxylic acids is 1. The number of rotatable bonds is 7. The number of hydrogen-bond acceptors (Lipinski definition) is 6. The highest BCUT2D eigenvalue weighted by molar-refractivity contribution is 6.24. The maximum atomic E-state index is 11.5. The van der Waals surface area contributed by atoms with Crippen LogP contribution in [-0.4, -0.2) is 38.8 Å². The van der Waals surface area contributed by atoms with Crippen LogP contribution in [-0.2, 0) is 20.6 Å². The Kier molecular flexibility index (Phi) is 5.97. The van der Waals surface area contributed by atoms with Crippen LogP contribution in [0.25, 0.3) is 0 Å². The minimum Gasteiger partial charge on any atom is -0.468 e. The molecule has 0 amide bonds. The molecule has 0 bridgehead atoms. The molecule has 1 N–H and O–H groups in total. The maximum absolute atomic E-state index is 11.5. The Morgan fingerprint density at radius 1 is 1.42 bits per heavy atom. The lowest BCUT2D eigenvalue weighted by molar-refractivity contribution is -0.384. The first kappa shape index (κ1) is 15.1. The third-order valence-electron chi connectivity index (χ3n) is 2.46. The van der Waals surface area contributed by atoms with Crippen LogP contribution in [0.5, 0.6) is 0 Å². The normalized spacial score (nSPS) is 11.7. The third-order valence-corrected chi connectivity index (χ3v) is 2.46. The highest BCUT2D eigenvalue weighted by Crippen LogP contribution is 2.13. The summed E-state index contributed by atoms with van der Waals surface area (Å²) in [6, 6.07) is 5.38. The van der Waals surface area contributed by atoms with Crippen LogP contribution >= 0.6 is 0 Å². The van der Waals surface area contributed by atoms with E-state index in [1.807, 2.05) is 0 Å². The minimum absolute atomic E-state index is 0.00906. The summed E-state index contributed by atoms with van der Waals surface area (Å²) in [6.45, 7) is 0. The summed E-state index contributed by atoms with van der Waals surface area (Å²) in [4.78, 5) is 21.6. The van der Waals surface area contributed by atoms with Gasteiger partial charge in [-0.25, -0.2) is 0 Å². The molecular formula is C11H14BN2O5. The Morgan fingerprint density at radius 2 is 2.05 bits per heavy atom. The zero-order chi connectivity index (χ0) is 14.3. The van der Waals surface area contributed by atoms with Gasteiger partial charge in [-0.1, -0.05) is 12.1 Å². The average Bonchev–Trinajstić information content (AvgIpc) is 2.43. The fourth-order valence-electron chi connectivity index (χ4n) is 1.49. The predicted octanol–water partition coefficient (Wildman–Crippen LogP) is 0.449. The van der Waals surface area contributed by atoms with E-state index in [1.54, 1.807) is 12.1 Å². The van der Waals surface area contributed by atoms with Crippen LogP contribution in [0, 0.1) is 10.1 Å². The molecule has 7 nitrogen and oxygen atoms in total. The average molecular weight is 265 g/mol. The van der Waals surface area contributed by atoms with E-state index in [4.69, 9.17) is 4.65 Å². The van der Waals surface area contributed by atoms with E-state index in [9.17, 15) is 14.9 Å². The summed E-state index contributed by atoms with van der Waals surface area (Å²) in [5, 5.41) is 13.3. The highest BCUT2D eigenvalue weighted by atomic mass is 16.6. The molecule has 101 valence electrons. The first-order chi connectivity index (χ1) is 9.08. The number of non-ortho nitro benzene ring substituents is 1. The molecule has 0 aliphatic carbocycles. The summed E-state index contributed by atoms with van der Waals surface area (Å²) in [5.41, 5.74) is 0.785. The Morgan fingerprint density at radius 3 is 2.53 bits per heavy atom. The van der Waals surface area contributed by atoms with Gasteiger partial charge in [-0.2, -0.15) is 0 Å². The zero-order valence-corrected chi connectivity index (χ0v) is 10.7. The van der Waals surface area contributed by atoms with Crippen molar-refractivity contribution in [3.8, 4) is 0 Å². The van der Waals surface area contributed by atoms with Crippen molar-refractivity contribution in [2.24, 2.45) is 0 Å². The van der Waals surface area contributed by atoms with Crippen LogP contribution in [0.15, 0.2) is 24.3 Å². The lowest BCUT2D eigenvalue weighted by Gasteiger charge is -2.15. The second kappa shape index (κ2) is 7.50. The molecule has 1 radical (unpaired) electrons. The first-order valence-corrected chi connectivity index (χ1v) is 5.50. The van der Waals surface area contributed by atoms with Crippen LogP contribution in [0.3, 0.4) is 0 Å². The van der Waals surface area contributed by atoms with Gasteiger partial charge in [-0.3, -0.25) is 14.9 Å². The summed E-state index contributed by atoms with van der Waals surface area (Å²) < 4.78 is 9.38. The minimum atomic E-state index is -0.605. The van der Waals surface area contributed by atoms with Crippen LogP contribution in [0.2, 0.25) is 0 Å². The molecule has 0 aliphatic heterocycles. The molecule has 1 atom stereocenters. The van der Waals surface area contributed by atoms with E-state index in [2.05, 4.69) is 9.96 Å². The van der Waals surface area contributed by atoms with E-state index in [-0.39, 0.29) is 5.69 Å². The van der Waals surface area contributed by atoms with Gasteiger partial charge in [0, 0.05) is 19.2 Å². The third kappa shape index (κ3) is 4.68. The molecule has 0 fully saturated rings. The number of nitrogens with one attached hydrogen (secondary N) is 1. The monoisotopic (exact) mass is 265 g/mol. The summed E-state index contributed by atoms with van der Waals surface area (Å²) in [5.74, 6) is -0.438. The molecular weight excluding hydrogens is 251 g/mol. The number of ether oxygens (including phenoxy) is 1. The number of methoxy groups -OCH3 is 1. The molecule has 1 unspecified atom stereocenters. The summed E-state index contributed by atoms with van der Waals surface area (Å²) >= 11 is 0. The second-order valence-corrected chi connectivity index (χ2v) is 3.72. The van der Waals surface area contributed by atoms with Crippen molar-refractivity contribution in [1.82, 2.24) is 5.23 Å². The number of esters is 1. The summed E-state index contributed by atoms with van der Waals surface area (Å²) in [6.07, 6.45) is 0.338. The standard InChI is InChI=1S/C11H14BN2O5/c1-18-11(15)10(13-12-19-2)7-8-3-5-9(6-4-8)14(16)17/h3-6,10,13H,7H2,1-2H3. The van der Waals surface area contributed by atoms with Crippen molar-refractivity contribution in [3.05, 3.63) is 39.9 Å². The maximum Gasteiger partial charge on any atom is 0.396 e. The van der Waals surface area contributed by atoms with Gasteiger partial charge in [0.1, 0.15) is 6.04 Å². The Balaban J connectivity index is 2.72. The number of nitrogens with zero attached hydrogens (tertiary/aromatic N) is 1. The van der Waals surface area contributed by atoms with E-state index in [1.165, 1.54) is 34.0 Å². The van der Waals surface area contributed by atoms with E-state index < -0.39 is 16.9 Å². The largest absolute Gasteiger partial charge is 0.468 e. The van der Waals surface area contributed by atoms with Gasteiger partial charge < -0.3 is 14.6 Å². The van der Waals surface area contributed by atoms with Crippen LogP contribution < -0.4 is 5.23 Å². The fourth-order valence-corrected chi connectivity index (χ4v) is 1.49. The van der Waals surface area contributed by atoms with Crippen molar-refractivity contribution in [3.63, 3.8) is 0 Å². The number of carbonyl (C=O) groups is 1. The SMILES string of the molecule is CO[B]NC(Cc1ccc([N+](=O)[O-])cc1)C(=O)OC. The number of nitro benzene ring substituents is 1. The second-order valence-electron chi connectivity index (χ2n) is 3.72.